The lowest BCUT2D eigenvalue weighted by molar-refractivity contribution is 0.166. The van der Waals surface area contributed by atoms with Crippen LogP contribution >= 0.6 is 0 Å². The molecule has 1 aliphatic rings. The van der Waals surface area contributed by atoms with Crippen LogP contribution in [0.2, 0.25) is 0 Å². The molecule has 0 bridgehead atoms. The quantitative estimate of drug-likeness (QED) is 0.819. The van der Waals surface area contributed by atoms with Gasteiger partial charge >= 0.3 is 0 Å². The summed E-state index contributed by atoms with van der Waals surface area (Å²) in [4.78, 5) is 2.44. The van der Waals surface area contributed by atoms with Gasteiger partial charge in [0.25, 0.3) is 0 Å². The molecule has 0 radical (unpaired) electrons. The van der Waals surface area contributed by atoms with E-state index in [4.69, 9.17) is 5.73 Å². The van der Waals surface area contributed by atoms with Gasteiger partial charge in [-0.25, -0.2) is 4.39 Å². The number of nitrogens with zero attached hydrogens (tertiary/aromatic N) is 1. The van der Waals surface area contributed by atoms with Gasteiger partial charge in [-0.3, -0.25) is 4.90 Å². The Morgan fingerprint density at radius 3 is 2.63 bits per heavy atom. The summed E-state index contributed by atoms with van der Waals surface area (Å²) in [5.41, 5.74) is 6.64. The Bertz CT molecular complexity index is 411. The Morgan fingerprint density at radius 1 is 1.32 bits per heavy atom. The minimum absolute atomic E-state index is 0.241. The van der Waals surface area contributed by atoms with Gasteiger partial charge in [0.05, 0.1) is 5.69 Å². The van der Waals surface area contributed by atoms with Crippen molar-refractivity contribution < 1.29 is 4.39 Å². The molecular formula is C16H25FN2. The molecule has 0 amide bonds. The predicted octanol–water partition coefficient (Wildman–Crippen LogP) is 3.81. The van der Waals surface area contributed by atoms with Gasteiger partial charge in [0.15, 0.2) is 5.82 Å². The summed E-state index contributed by atoms with van der Waals surface area (Å²) < 4.78 is 14.0. The van der Waals surface area contributed by atoms with Crippen molar-refractivity contribution in [1.29, 1.82) is 0 Å². The number of rotatable bonds is 5. The molecule has 1 saturated carbocycles. The van der Waals surface area contributed by atoms with E-state index >= 15 is 0 Å². The first-order valence-electron chi connectivity index (χ1n) is 7.35. The van der Waals surface area contributed by atoms with E-state index in [1.807, 2.05) is 12.1 Å². The summed E-state index contributed by atoms with van der Waals surface area (Å²) in [6.45, 7) is 6.15. The number of anilines is 1. The Hall–Kier alpha value is -1.09. The van der Waals surface area contributed by atoms with Crippen molar-refractivity contribution >= 4 is 5.69 Å². The maximum atomic E-state index is 14.0. The van der Waals surface area contributed by atoms with E-state index in [1.54, 1.807) is 6.07 Å². The van der Waals surface area contributed by atoms with Crippen LogP contribution in [0.1, 0.15) is 45.1 Å². The first-order chi connectivity index (χ1) is 9.08. The van der Waals surface area contributed by atoms with Gasteiger partial charge in [0.1, 0.15) is 0 Å². The van der Waals surface area contributed by atoms with Crippen molar-refractivity contribution in [3.05, 3.63) is 29.6 Å². The van der Waals surface area contributed by atoms with Crippen LogP contribution in [0, 0.1) is 11.7 Å². The number of benzene rings is 1. The first kappa shape index (κ1) is 14.3. The molecule has 1 aromatic rings. The molecule has 2 rings (SSSR count). The summed E-state index contributed by atoms with van der Waals surface area (Å²) in [5, 5.41) is 0. The highest BCUT2D eigenvalue weighted by atomic mass is 19.1. The van der Waals surface area contributed by atoms with Gasteiger partial charge in [0.2, 0.25) is 0 Å². The molecule has 1 aromatic carbocycles. The molecule has 0 atom stereocenters. The highest BCUT2D eigenvalue weighted by Crippen LogP contribution is 2.27. The fraction of sp³-hybridized carbons (Fsp3) is 0.625. The van der Waals surface area contributed by atoms with Crippen molar-refractivity contribution in [2.45, 2.75) is 52.1 Å². The van der Waals surface area contributed by atoms with E-state index < -0.39 is 0 Å². The van der Waals surface area contributed by atoms with Crippen LogP contribution < -0.4 is 5.73 Å². The fourth-order valence-corrected chi connectivity index (χ4v) is 3.02. The zero-order valence-electron chi connectivity index (χ0n) is 12.0. The Labute approximate surface area is 115 Å². The van der Waals surface area contributed by atoms with Crippen LogP contribution in [0.25, 0.3) is 0 Å². The molecule has 0 heterocycles. The second kappa shape index (κ2) is 6.38. The van der Waals surface area contributed by atoms with E-state index in [0.29, 0.717) is 18.5 Å². The van der Waals surface area contributed by atoms with Gasteiger partial charge in [-0.1, -0.05) is 38.8 Å². The van der Waals surface area contributed by atoms with E-state index in [1.165, 1.54) is 25.7 Å². The zero-order valence-corrected chi connectivity index (χ0v) is 12.0. The zero-order chi connectivity index (χ0) is 13.8. The molecule has 1 aliphatic carbocycles. The number of nitrogen functional groups attached to an aromatic ring is 1. The van der Waals surface area contributed by atoms with Crippen molar-refractivity contribution in [2.75, 3.05) is 12.3 Å². The maximum absolute atomic E-state index is 14.0. The molecule has 19 heavy (non-hydrogen) atoms. The maximum Gasteiger partial charge on any atom is 0.150 e. The third kappa shape index (κ3) is 3.69. The summed E-state index contributed by atoms with van der Waals surface area (Å²) in [5.74, 6) is 0.360. The first-order valence-corrected chi connectivity index (χ1v) is 7.35. The number of halogens is 1. The summed E-state index contributed by atoms with van der Waals surface area (Å²) in [6, 6.07) is 5.94. The minimum atomic E-state index is -0.241. The molecule has 0 spiro atoms. The Kier molecular flexibility index (Phi) is 4.81. The van der Waals surface area contributed by atoms with Gasteiger partial charge in [-0.15, -0.1) is 0 Å². The van der Waals surface area contributed by atoms with Gasteiger partial charge in [0, 0.05) is 24.7 Å². The van der Waals surface area contributed by atoms with Crippen molar-refractivity contribution in [2.24, 2.45) is 5.92 Å². The number of hydrogen-bond acceptors (Lipinski definition) is 2. The topological polar surface area (TPSA) is 29.3 Å². The van der Waals surface area contributed by atoms with E-state index in [9.17, 15) is 4.39 Å². The highest BCUT2D eigenvalue weighted by Gasteiger charge is 2.24. The Balaban J connectivity index is 2.12. The molecule has 1 fully saturated rings. The van der Waals surface area contributed by atoms with E-state index in [0.717, 1.165) is 12.1 Å². The lowest BCUT2D eigenvalue weighted by Gasteiger charge is -2.30. The third-order valence-electron chi connectivity index (χ3n) is 3.92. The largest absolute Gasteiger partial charge is 0.396 e. The van der Waals surface area contributed by atoms with Gasteiger partial charge < -0.3 is 5.73 Å². The van der Waals surface area contributed by atoms with Crippen LogP contribution in [0.4, 0.5) is 10.1 Å². The van der Waals surface area contributed by atoms with Gasteiger partial charge in [-0.05, 0) is 24.8 Å². The number of hydrogen-bond donors (Lipinski definition) is 1. The standard InChI is InChI=1S/C16H25FN2/c1-12(2)10-19(14-7-3-4-8-14)11-13-6-5-9-15(18)16(13)17/h5-6,9,12,14H,3-4,7-8,10-11,18H2,1-2H3. The van der Waals surface area contributed by atoms with Crippen LogP contribution in [-0.4, -0.2) is 17.5 Å². The lowest BCUT2D eigenvalue weighted by atomic mass is 10.1. The van der Waals surface area contributed by atoms with Crippen molar-refractivity contribution in [1.82, 2.24) is 4.90 Å². The Morgan fingerprint density at radius 2 is 2.00 bits per heavy atom. The highest BCUT2D eigenvalue weighted by molar-refractivity contribution is 5.42. The SMILES string of the molecule is CC(C)CN(Cc1cccc(N)c1F)C1CCCC1. The van der Waals surface area contributed by atoms with Crippen molar-refractivity contribution in [3.8, 4) is 0 Å². The van der Waals surface area contributed by atoms with Crippen LogP contribution in [0.5, 0.6) is 0 Å². The monoisotopic (exact) mass is 264 g/mol. The molecule has 0 saturated heterocycles. The van der Waals surface area contributed by atoms with Crippen molar-refractivity contribution in [3.63, 3.8) is 0 Å². The summed E-state index contributed by atoms with van der Waals surface area (Å²) in [7, 11) is 0. The average Bonchev–Trinajstić information content (AvgIpc) is 2.87. The van der Waals surface area contributed by atoms with Gasteiger partial charge in [-0.2, -0.15) is 0 Å². The molecule has 0 unspecified atom stereocenters. The number of nitrogens with two attached hydrogens (primary N) is 1. The smallest absolute Gasteiger partial charge is 0.150 e. The van der Waals surface area contributed by atoms with Crippen LogP contribution in [0.15, 0.2) is 18.2 Å². The summed E-state index contributed by atoms with van der Waals surface area (Å²) in [6.07, 6.45) is 5.10. The minimum Gasteiger partial charge on any atom is -0.396 e. The van der Waals surface area contributed by atoms with E-state index in [2.05, 4.69) is 18.7 Å². The fourth-order valence-electron chi connectivity index (χ4n) is 3.02. The predicted molar refractivity (Wildman–Crippen MR) is 78.3 cm³/mol. The van der Waals surface area contributed by atoms with E-state index in [-0.39, 0.29) is 11.5 Å². The normalized spacial score (nSPS) is 16.7. The summed E-state index contributed by atoms with van der Waals surface area (Å²) >= 11 is 0. The second-order valence-electron chi connectivity index (χ2n) is 6.08. The molecule has 2 N–H and O–H groups in total. The molecule has 106 valence electrons. The molecule has 2 nitrogen and oxygen atoms in total. The molecular weight excluding hydrogens is 239 g/mol. The third-order valence-corrected chi connectivity index (χ3v) is 3.92. The molecule has 3 heteroatoms. The lowest BCUT2D eigenvalue weighted by Crippen LogP contribution is -2.36. The van der Waals surface area contributed by atoms with Crippen LogP contribution in [0.3, 0.4) is 0 Å². The molecule has 0 aliphatic heterocycles. The average molecular weight is 264 g/mol. The van der Waals surface area contributed by atoms with Crippen LogP contribution in [-0.2, 0) is 6.54 Å². The molecule has 0 aromatic heterocycles. The second-order valence-corrected chi connectivity index (χ2v) is 6.08.